The number of phenolic OH excluding ortho intramolecular Hbond substituents is 1. The molecule has 0 aromatic heterocycles. The second-order valence-electron chi connectivity index (χ2n) is 5.67. The molecule has 0 saturated heterocycles. The molecule has 0 aliphatic rings. The van der Waals surface area contributed by atoms with E-state index in [1.807, 2.05) is 44.2 Å². The summed E-state index contributed by atoms with van der Waals surface area (Å²) in [6, 6.07) is 12.1. The molecule has 0 aliphatic heterocycles. The van der Waals surface area contributed by atoms with Gasteiger partial charge in [-0.2, -0.15) is 0 Å². The van der Waals surface area contributed by atoms with E-state index in [0.29, 0.717) is 5.75 Å². The third kappa shape index (κ3) is 4.19. The Morgan fingerprint density at radius 1 is 1.10 bits per heavy atom. The molecular weight excluding hydrogens is 262 g/mol. The molecule has 2 rings (SSSR count). The Balaban J connectivity index is 1.96. The lowest BCUT2D eigenvalue weighted by molar-refractivity contribution is 0.0768. The van der Waals surface area contributed by atoms with Crippen LogP contribution in [0.25, 0.3) is 10.8 Å². The Morgan fingerprint density at radius 2 is 1.86 bits per heavy atom. The molecule has 21 heavy (non-hydrogen) atoms. The van der Waals surface area contributed by atoms with Crippen LogP contribution >= 0.6 is 0 Å². The van der Waals surface area contributed by atoms with Gasteiger partial charge in [0, 0.05) is 23.6 Å². The molecule has 0 aliphatic carbocycles. The van der Waals surface area contributed by atoms with Crippen LogP contribution < -0.4 is 5.32 Å². The Bertz CT molecular complexity index is 580. The smallest absolute Gasteiger partial charge is 0.128 e. The Labute approximate surface area is 126 Å². The quantitative estimate of drug-likeness (QED) is 0.756. The van der Waals surface area contributed by atoms with Gasteiger partial charge in [-0.1, -0.05) is 36.4 Å². The molecule has 0 amide bonds. The highest BCUT2D eigenvalue weighted by molar-refractivity contribution is 5.89. The largest absolute Gasteiger partial charge is 0.507 e. The standard InChI is InChI=1S/C18H25NO2/c1-13(2)21-12-6-11-19-14(3)16-10-9-15-7-4-5-8-17(15)18(16)20/h4-5,7-10,13-14,19-20H,6,11-12H2,1-3H3. The summed E-state index contributed by atoms with van der Waals surface area (Å²) < 4.78 is 5.52. The lowest BCUT2D eigenvalue weighted by Crippen LogP contribution is -2.21. The van der Waals surface area contributed by atoms with Crippen LogP contribution in [-0.4, -0.2) is 24.4 Å². The van der Waals surface area contributed by atoms with Crippen molar-refractivity contribution in [2.45, 2.75) is 39.3 Å². The minimum Gasteiger partial charge on any atom is -0.507 e. The summed E-state index contributed by atoms with van der Waals surface area (Å²) in [7, 11) is 0. The maximum Gasteiger partial charge on any atom is 0.128 e. The Kier molecular flexibility index (Phi) is 5.59. The second kappa shape index (κ2) is 7.43. The normalized spacial score (nSPS) is 13.0. The van der Waals surface area contributed by atoms with Crippen molar-refractivity contribution < 1.29 is 9.84 Å². The molecule has 3 heteroatoms. The monoisotopic (exact) mass is 287 g/mol. The van der Waals surface area contributed by atoms with Crippen LogP contribution in [-0.2, 0) is 4.74 Å². The summed E-state index contributed by atoms with van der Waals surface area (Å²) >= 11 is 0. The molecule has 114 valence electrons. The lowest BCUT2D eigenvalue weighted by atomic mass is 10.0. The number of rotatable bonds is 7. The van der Waals surface area contributed by atoms with Gasteiger partial charge in [0.25, 0.3) is 0 Å². The zero-order valence-electron chi connectivity index (χ0n) is 13.1. The van der Waals surface area contributed by atoms with E-state index in [1.165, 1.54) is 0 Å². The van der Waals surface area contributed by atoms with Crippen LogP contribution in [0.5, 0.6) is 5.75 Å². The van der Waals surface area contributed by atoms with Crippen molar-refractivity contribution in [3.8, 4) is 5.75 Å². The third-order valence-electron chi connectivity index (χ3n) is 3.62. The number of benzene rings is 2. The molecule has 0 radical (unpaired) electrons. The molecule has 1 atom stereocenters. The van der Waals surface area contributed by atoms with Crippen molar-refractivity contribution in [2.75, 3.05) is 13.2 Å². The fourth-order valence-corrected chi connectivity index (χ4v) is 2.44. The topological polar surface area (TPSA) is 41.5 Å². The summed E-state index contributed by atoms with van der Waals surface area (Å²) in [5, 5.41) is 15.8. The van der Waals surface area contributed by atoms with E-state index in [2.05, 4.69) is 18.3 Å². The highest BCUT2D eigenvalue weighted by atomic mass is 16.5. The van der Waals surface area contributed by atoms with E-state index in [-0.39, 0.29) is 12.1 Å². The van der Waals surface area contributed by atoms with Crippen LogP contribution in [0, 0.1) is 0 Å². The van der Waals surface area contributed by atoms with Crippen molar-refractivity contribution in [1.29, 1.82) is 0 Å². The average molecular weight is 287 g/mol. The molecule has 1 unspecified atom stereocenters. The predicted octanol–water partition coefficient (Wildman–Crippen LogP) is 4.01. The van der Waals surface area contributed by atoms with Gasteiger partial charge in [0.05, 0.1) is 6.10 Å². The van der Waals surface area contributed by atoms with Gasteiger partial charge in [0.1, 0.15) is 5.75 Å². The van der Waals surface area contributed by atoms with Crippen molar-refractivity contribution >= 4 is 10.8 Å². The van der Waals surface area contributed by atoms with Crippen molar-refractivity contribution in [1.82, 2.24) is 5.32 Å². The molecule has 2 aromatic carbocycles. The first-order valence-corrected chi connectivity index (χ1v) is 7.65. The number of ether oxygens (including phenoxy) is 1. The van der Waals surface area contributed by atoms with E-state index in [1.54, 1.807) is 0 Å². The van der Waals surface area contributed by atoms with Crippen LogP contribution in [0.15, 0.2) is 36.4 Å². The molecule has 0 saturated carbocycles. The van der Waals surface area contributed by atoms with Crippen LogP contribution in [0.2, 0.25) is 0 Å². The van der Waals surface area contributed by atoms with Gasteiger partial charge in [-0.15, -0.1) is 0 Å². The van der Waals surface area contributed by atoms with Crippen molar-refractivity contribution in [3.63, 3.8) is 0 Å². The number of hydrogen-bond donors (Lipinski definition) is 2. The summed E-state index contributed by atoms with van der Waals surface area (Å²) in [5.74, 6) is 0.381. The van der Waals surface area contributed by atoms with Gasteiger partial charge in [-0.3, -0.25) is 0 Å². The molecule has 2 N–H and O–H groups in total. The molecule has 3 nitrogen and oxygen atoms in total. The highest BCUT2D eigenvalue weighted by Gasteiger charge is 2.12. The first kappa shape index (κ1) is 15.8. The summed E-state index contributed by atoms with van der Waals surface area (Å²) in [4.78, 5) is 0. The predicted molar refractivity (Wildman–Crippen MR) is 87.7 cm³/mol. The van der Waals surface area contributed by atoms with Gasteiger partial charge in [0.2, 0.25) is 0 Å². The van der Waals surface area contributed by atoms with E-state index < -0.39 is 0 Å². The summed E-state index contributed by atoms with van der Waals surface area (Å²) in [6.07, 6.45) is 1.25. The summed E-state index contributed by atoms with van der Waals surface area (Å²) in [5.41, 5.74) is 0.943. The van der Waals surface area contributed by atoms with E-state index in [9.17, 15) is 5.11 Å². The van der Waals surface area contributed by atoms with Gasteiger partial charge >= 0.3 is 0 Å². The third-order valence-corrected chi connectivity index (χ3v) is 3.62. The molecular formula is C18H25NO2. The Morgan fingerprint density at radius 3 is 2.62 bits per heavy atom. The minimum absolute atomic E-state index is 0.119. The number of hydrogen-bond acceptors (Lipinski definition) is 3. The number of fused-ring (bicyclic) bond motifs is 1. The zero-order valence-corrected chi connectivity index (χ0v) is 13.1. The van der Waals surface area contributed by atoms with E-state index in [4.69, 9.17) is 4.74 Å². The van der Waals surface area contributed by atoms with Crippen LogP contribution in [0.4, 0.5) is 0 Å². The van der Waals surface area contributed by atoms with E-state index in [0.717, 1.165) is 35.9 Å². The average Bonchev–Trinajstić information content (AvgIpc) is 2.47. The van der Waals surface area contributed by atoms with Gasteiger partial charge < -0.3 is 15.2 Å². The molecule has 0 spiro atoms. The fraction of sp³-hybridized carbons (Fsp3) is 0.444. The molecule has 0 fully saturated rings. The number of aromatic hydroxyl groups is 1. The first-order chi connectivity index (χ1) is 10.1. The summed E-state index contributed by atoms with van der Waals surface area (Å²) in [6.45, 7) is 7.81. The Hall–Kier alpha value is -1.58. The first-order valence-electron chi connectivity index (χ1n) is 7.65. The van der Waals surface area contributed by atoms with Gasteiger partial charge in [0.15, 0.2) is 0 Å². The second-order valence-corrected chi connectivity index (χ2v) is 5.67. The highest BCUT2D eigenvalue weighted by Crippen LogP contribution is 2.32. The minimum atomic E-state index is 0.119. The van der Waals surface area contributed by atoms with Crippen LogP contribution in [0.3, 0.4) is 0 Å². The maximum absolute atomic E-state index is 10.4. The lowest BCUT2D eigenvalue weighted by Gasteiger charge is -2.17. The molecule has 0 heterocycles. The van der Waals surface area contributed by atoms with Gasteiger partial charge in [-0.05, 0) is 39.1 Å². The molecule has 2 aromatic rings. The zero-order chi connectivity index (χ0) is 15.2. The van der Waals surface area contributed by atoms with E-state index >= 15 is 0 Å². The molecule has 0 bridgehead atoms. The van der Waals surface area contributed by atoms with Crippen molar-refractivity contribution in [3.05, 3.63) is 42.0 Å². The number of phenols is 1. The number of nitrogens with one attached hydrogen (secondary N) is 1. The van der Waals surface area contributed by atoms with Crippen molar-refractivity contribution in [2.24, 2.45) is 0 Å². The maximum atomic E-state index is 10.4. The van der Waals surface area contributed by atoms with Crippen LogP contribution in [0.1, 0.15) is 38.8 Å². The fourth-order valence-electron chi connectivity index (χ4n) is 2.44. The SMILES string of the molecule is CC(C)OCCCNC(C)c1ccc2ccccc2c1O. The van der Waals surface area contributed by atoms with Gasteiger partial charge in [-0.25, -0.2) is 0 Å².